The maximum absolute atomic E-state index is 13.3. The Morgan fingerprint density at radius 2 is 1.87 bits per heavy atom. The van der Waals surface area contributed by atoms with Crippen LogP contribution in [-0.2, 0) is 16.0 Å². The third kappa shape index (κ3) is 4.39. The van der Waals surface area contributed by atoms with Gasteiger partial charge in [0.15, 0.2) is 0 Å². The molecule has 1 amide bonds. The predicted molar refractivity (Wildman–Crippen MR) is 142 cm³/mol. The van der Waals surface area contributed by atoms with Crippen molar-refractivity contribution in [1.29, 1.82) is 0 Å². The van der Waals surface area contributed by atoms with E-state index in [-0.39, 0.29) is 23.4 Å². The van der Waals surface area contributed by atoms with E-state index < -0.39 is 28.4 Å². The Kier molecular flexibility index (Phi) is 6.42. The third-order valence-electron chi connectivity index (χ3n) is 6.86. The van der Waals surface area contributed by atoms with Gasteiger partial charge in [0, 0.05) is 41.3 Å². The lowest BCUT2D eigenvalue weighted by Crippen LogP contribution is -2.31. The number of fused-ring (bicyclic) bond motifs is 1. The van der Waals surface area contributed by atoms with Crippen molar-refractivity contribution in [2.24, 2.45) is 0 Å². The number of aryl methyl sites for hydroxylation is 1. The molecule has 1 aliphatic rings. The number of aliphatic hydroxyl groups is 1. The number of H-pyrrole nitrogens is 1. The van der Waals surface area contributed by atoms with Crippen LogP contribution in [-0.4, -0.2) is 45.3 Å². The van der Waals surface area contributed by atoms with E-state index in [1.807, 2.05) is 55.6 Å². The molecule has 38 heavy (non-hydrogen) atoms. The van der Waals surface area contributed by atoms with E-state index in [0.29, 0.717) is 17.7 Å². The molecular formula is C29H25N3O6. The van der Waals surface area contributed by atoms with Gasteiger partial charge in [-0.25, -0.2) is 0 Å². The minimum absolute atomic E-state index is 0.0954. The van der Waals surface area contributed by atoms with Crippen LogP contribution in [0, 0.1) is 17.0 Å². The number of carbonyl (C=O) groups excluding carboxylic acids is 2. The summed E-state index contributed by atoms with van der Waals surface area (Å²) in [6.45, 7) is 2.13. The standard InChI is InChI=1S/C29H25N3O6/c1-17-6-8-18(9-7-17)26-25(27(33)19-4-3-5-21(14-19)32(36)37)28(34)29(35)31(26)13-12-20-16-30-24-11-10-22(38-2)15-23(20)24/h3-11,14-16,26,30,33H,12-13H2,1-2H3/b27-25-. The Hall–Kier alpha value is -4.92. The van der Waals surface area contributed by atoms with E-state index in [1.54, 1.807) is 7.11 Å². The summed E-state index contributed by atoms with van der Waals surface area (Å²) >= 11 is 0. The molecule has 0 aliphatic carbocycles. The number of non-ortho nitro benzene ring substituents is 1. The third-order valence-corrected chi connectivity index (χ3v) is 6.86. The molecule has 1 aliphatic heterocycles. The molecule has 2 N–H and O–H groups in total. The number of benzene rings is 3. The van der Waals surface area contributed by atoms with Gasteiger partial charge in [-0.1, -0.05) is 42.0 Å². The van der Waals surface area contributed by atoms with Crippen LogP contribution in [0.1, 0.15) is 28.3 Å². The summed E-state index contributed by atoms with van der Waals surface area (Å²) in [5.74, 6) is -1.31. The van der Waals surface area contributed by atoms with E-state index in [4.69, 9.17) is 4.74 Å². The van der Waals surface area contributed by atoms with Crippen LogP contribution in [0.4, 0.5) is 5.69 Å². The molecule has 1 atom stereocenters. The highest BCUT2D eigenvalue weighted by Crippen LogP contribution is 2.40. The number of hydrogen-bond acceptors (Lipinski definition) is 6. The summed E-state index contributed by atoms with van der Waals surface area (Å²) in [6, 6.07) is 17.6. The molecule has 1 aromatic heterocycles. The largest absolute Gasteiger partial charge is 0.507 e. The van der Waals surface area contributed by atoms with Gasteiger partial charge in [0.05, 0.1) is 23.6 Å². The Morgan fingerprint density at radius 1 is 1.11 bits per heavy atom. The Labute approximate surface area is 218 Å². The highest BCUT2D eigenvalue weighted by Gasteiger charge is 2.46. The number of rotatable bonds is 7. The van der Waals surface area contributed by atoms with Crippen LogP contribution < -0.4 is 4.74 Å². The van der Waals surface area contributed by atoms with Crippen molar-refractivity contribution in [3.63, 3.8) is 0 Å². The molecule has 0 bridgehead atoms. The number of hydrogen-bond donors (Lipinski definition) is 2. The number of carbonyl (C=O) groups is 2. The number of aliphatic hydroxyl groups excluding tert-OH is 1. The fourth-order valence-corrected chi connectivity index (χ4v) is 4.86. The Morgan fingerprint density at radius 3 is 2.58 bits per heavy atom. The number of Topliss-reactive ketones (excluding diaryl/α,β-unsaturated/α-hetero) is 1. The maximum atomic E-state index is 13.3. The number of ether oxygens (including phenoxy) is 1. The van der Waals surface area contributed by atoms with Crippen molar-refractivity contribution in [3.8, 4) is 5.75 Å². The second-order valence-corrected chi connectivity index (χ2v) is 9.19. The van der Waals surface area contributed by atoms with Gasteiger partial charge >= 0.3 is 0 Å². The van der Waals surface area contributed by atoms with Crippen LogP contribution in [0.2, 0.25) is 0 Å². The van der Waals surface area contributed by atoms with Crippen molar-refractivity contribution >= 4 is 34.0 Å². The molecule has 9 nitrogen and oxygen atoms in total. The van der Waals surface area contributed by atoms with Crippen LogP contribution in [0.15, 0.2) is 78.5 Å². The zero-order valence-corrected chi connectivity index (χ0v) is 20.8. The topological polar surface area (TPSA) is 126 Å². The van der Waals surface area contributed by atoms with Gasteiger partial charge in [0.2, 0.25) is 0 Å². The van der Waals surface area contributed by atoms with Crippen molar-refractivity contribution in [2.45, 2.75) is 19.4 Å². The van der Waals surface area contributed by atoms with Gasteiger partial charge in [-0.2, -0.15) is 0 Å². The number of aromatic nitrogens is 1. The molecule has 1 fully saturated rings. The zero-order chi connectivity index (χ0) is 27.0. The molecule has 0 spiro atoms. The molecule has 2 heterocycles. The molecule has 4 aromatic rings. The minimum atomic E-state index is -0.852. The second-order valence-electron chi connectivity index (χ2n) is 9.19. The smallest absolute Gasteiger partial charge is 0.295 e. The molecule has 0 radical (unpaired) electrons. The minimum Gasteiger partial charge on any atom is -0.507 e. The lowest BCUT2D eigenvalue weighted by atomic mass is 9.94. The van der Waals surface area contributed by atoms with Crippen molar-refractivity contribution in [2.75, 3.05) is 13.7 Å². The number of nitro benzene ring substituents is 1. The molecule has 3 aromatic carbocycles. The summed E-state index contributed by atoms with van der Waals surface area (Å²) in [5, 5.41) is 23.4. The van der Waals surface area contributed by atoms with E-state index in [9.17, 15) is 24.8 Å². The zero-order valence-electron chi connectivity index (χ0n) is 20.8. The molecule has 1 saturated heterocycles. The van der Waals surface area contributed by atoms with Crippen molar-refractivity contribution in [1.82, 2.24) is 9.88 Å². The number of amides is 1. The van der Waals surface area contributed by atoms with E-state index in [2.05, 4.69) is 4.98 Å². The monoisotopic (exact) mass is 511 g/mol. The summed E-state index contributed by atoms with van der Waals surface area (Å²) in [7, 11) is 1.59. The average molecular weight is 512 g/mol. The SMILES string of the molecule is COc1ccc2[nH]cc(CCN3C(=O)C(=O)/C(=C(\O)c4cccc([N+](=O)[O-])c4)C3c3ccc(C)cc3)c2c1. The summed E-state index contributed by atoms with van der Waals surface area (Å²) < 4.78 is 5.35. The first-order valence-corrected chi connectivity index (χ1v) is 12.0. The number of nitrogens with one attached hydrogen (secondary N) is 1. The molecular weight excluding hydrogens is 486 g/mol. The number of aromatic amines is 1. The van der Waals surface area contributed by atoms with E-state index >= 15 is 0 Å². The summed E-state index contributed by atoms with van der Waals surface area (Å²) in [5.41, 5.74) is 3.29. The number of ketones is 1. The first kappa shape index (κ1) is 24.8. The van der Waals surface area contributed by atoms with Crippen molar-refractivity contribution in [3.05, 3.63) is 111 Å². The molecule has 5 rings (SSSR count). The molecule has 1 unspecified atom stereocenters. The summed E-state index contributed by atoms with van der Waals surface area (Å²) in [6.07, 6.45) is 2.31. The van der Waals surface area contributed by atoms with Crippen LogP contribution in [0.25, 0.3) is 16.7 Å². The lowest BCUT2D eigenvalue weighted by Gasteiger charge is -2.25. The predicted octanol–water partition coefficient (Wildman–Crippen LogP) is 5.06. The van der Waals surface area contributed by atoms with Gasteiger partial charge < -0.3 is 19.7 Å². The average Bonchev–Trinajstić information content (AvgIpc) is 3.44. The fraction of sp³-hybridized carbons (Fsp3) is 0.172. The van der Waals surface area contributed by atoms with Crippen LogP contribution in [0.5, 0.6) is 5.75 Å². The number of nitrogens with zero attached hydrogens (tertiary/aromatic N) is 2. The van der Waals surface area contributed by atoms with Gasteiger partial charge in [-0.15, -0.1) is 0 Å². The van der Waals surface area contributed by atoms with Crippen molar-refractivity contribution < 1.29 is 24.4 Å². The molecule has 0 saturated carbocycles. The normalized spacial score (nSPS) is 16.8. The second kappa shape index (κ2) is 9.85. The first-order chi connectivity index (χ1) is 18.3. The number of nitro groups is 1. The Bertz CT molecular complexity index is 1600. The fourth-order valence-electron chi connectivity index (χ4n) is 4.86. The Balaban J connectivity index is 1.56. The van der Waals surface area contributed by atoms with Crippen LogP contribution in [0.3, 0.4) is 0 Å². The quantitative estimate of drug-likeness (QED) is 0.117. The van der Waals surface area contributed by atoms with Gasteiger partial charge in [-0.05, 0) is 42.7 Å². The maximum Gasteiger partial charge on any atom is 0.295 e. The van der Waals surface area contributed by atoms with Gasteiger partial charge in [0.25, 0.3) is 17.4 Å². The first-order valence-electron chi connectivity index (χ1n) is 12.0. The van der Waals surface area contributed by atoms with Crippen LogP contribution >= 0.6 is 0 Å². The lowest BCUT2D eigenvalue weighted by molar-refractivity contribution is -0.384. The highest BCUT2D eigenvalue weighted by molar-refractivity contribution is 6.46. The van der Waals surface area contributed by atoms with Gasteiger partial charge in [0.1, 0.15) is 11.5 Å². The molecule has 192 valence electrons. The van der Waals surface area contributed by atoms with Gasteiger partial charge in [-0.3, -0.25) is 19.7 Å². The van der Waals surface area contributed by atoms with E-state index in [0.717, 1.165) is 22.0 Å². The number of methoxy groups -OCH3 is 1. The van der Waals surface area contributed by atoms with E-state index in [1.165, 1.54) is 29.2 Å². The highest BCUT2D eigenvalue weighted by atomic mass is 16.6. The molecule has 9 heteroatoms. The number of likely N-dealkylation sites (tertiary alicyclic amines) is 1. The summed E-state index contributed by atoms with van der Waals surface area (Å²) in [4.78, 5) is 42.0.